The summed E-state index contributed by atoms with van der Waals surface area (Å²) in [5, 5.41) is 9.25. The number of H-pyrrole nitrogens is 1. The molecule has 4 atom stereocenters. The van der Waals surface area contributed by atoms with Gasteiger partial charge in [0.15, 0.2) is 5.65 Å². The number of piperidine rings is 1. The van der Waals surface area contributed by atoms with Crippen molar-refractivity contribution in [2.75, 3.05) is 13.1 Å². The Labute approximate surface area is 221 Å². The van der Waals surface area contributed by atoms with E-state index in [9.17, 15) is 4.79 Å². The van der Waals surface area contributed by atoms with Gasteiger partial charge in [0.1, 0.15) is 11.2 Å². The zero-order chi connectivity index (χ0) is 25.6. The Balaban J connectivity index is 1.25. The topological polar surface area (TPSA) is 78.3 Å². The molecule has 2 unspecified atom stereocenters. The van der Waals surface area contributed by atoms with E-state index in [1.165, 1.54) is 48.6 Å². The molecule has 8 heteroatoms. The largest absolute Gasteiger partial charge is 0.346 e. The highest BCUT2D eigenvalue weighted by molar-refractivity contribution is 7.19. The van der Waals surface area contributed by atoms with E-state index >= 15 is 0 Å². The smallest absolute Gasteiger partial charge is 0.239 e. The van der Waals surface area contributed by atoms with Crippen molar-refractivity contribution in [1.29, 1.82) is 0 Å². The van der Waals surface area contributed by atoms with Gasteiger partial charge in [-0.3, -0.25) is 4.79 Å². The van der Waals surface area contributed by atoms with Crippen LogP contribution in [0.3, 0.4) is 0 Å². The van der Waals surface area contributed by atoms with Gasteiger partial charge in [-0.2, -0.15) is 5.10 Å². The van der Waals surface area contributed by atoms with Crippen LogP contribution in [0.1, 0.15) is 78.5 Å². The van der Waals surface area contributed by atoms with Crippen molar-refractivity contribution < 1.29 is 4.79 Å². The Bertz CT molecular complexity index is 1540. The number of rotatable bonds is 4. The van der Waals surface area contributed by atoms with Gasteiger partial charge in [0.05, 0.1) is 11.7 Å². The van der Waals surface area contributed by atoms with E-state index in [0.29, 0.717) is 29.7 Å². The molecule has 7 rings (SSSR count). The molecule has 7 nitrogen and oxygen atoms in total. The maximum absolute atomic E-state index is 13.1. The lowest BCUT2D eigenvalue weighted by Crippen LogP contribution is -2.47. The van der Waals surface area contributed by atoms with E-state index in [0.717, 1.165) is 44.4 Å². The second-order valence-corrected chi connectivity index (χ2v) is 12.9. The van der Waals surface area contributed by atoms with Crippen LogP contribution >= 0.6 is 11.3 Å². The molecule has 1 aliphatic carbocycles. The van der Waals surface area contributed by atoms with Crippen molar-refractivity contribution in [3.8, 4) is 11.3 Å². The molecular formula is C29H36N6OS. The molecule has 37 heavy (non-hydrogen) atoms. The molecule has 0 aromatic carbocycles. The number of fused-ring (bicyclic) bond motifs is 4. The predicted octanol–water partition coefficient (Wildman–Crippen LogP) is 5.44. The number of amides is 1. The normalized spacial score (nSPS) is 25.5. The molecule has 6 heterocycles. The summed E-state index contributed by atoms with van der Waals surface area (Å²) in [5.74, 6) is 1.89. The quantitative estimate of drug-likeness (QED) is 0.378. The number of carbonyl (C=O) groups excluding carboxylic acids is 1. The van der Waals surface area contributed by atoms with E-state index in [2.05, 4.69) is 66.1 Å². The fourth-order valence-corrected chi connectivity index (χ4v) is 8.92. The van der Waals surface area contributed by atoms with Crippen molar-refractivity contribution in [3.63, 3.8) is 0 Å². The Kier molecular flexibility index (Phi) is 5.31. The molecule has 2 N–H and O–H groups in total. The van der Waals surface area contributed by atoms with Gasteiger partial charge in [0, 0.05) is 40.5 Å². The summed E-state index contributed by atoms with van der Waals surface area (Å²) in [6.07, 6.45) is 8.14. The van der Waals surface area contributed by atoms with Crippen molar-refractivity contribution in [1.82, 2.24) is 29.8 Å². The number of hydrogen-bond donors (Lipinski definition) is 2. The number of carbonyl (C=O) groups is 1. The Morgan fingerprint density at radius 1 is 1.16 bits per heavy atom. The summed E-state index contributed by atoms with van der Waals surface area (Å²) < 4.78 is 1.90. The van der Waals surface area contributed by atoms with Gasteiger partial charge in [-0.1, -0.05) is 13.8 Å². The van der Waals surface area contributed by atoms with Crippen molar-refractivity contribution in [2.45, 2.75) is 84.2 Å². The molecule has 0 spiro atoms. The van der Waals surface area contributed by atoms with Crippen LogP contribution in [-0.2, 0) is 4.79 Å². The van der Waals surface area contributed by atoms with Gasteiger partial charge in [-0.05, 0) is 87.1 Å². The lowest BCUT2D eigenvalue weighted by atomic mass is 9.88. The van der Waals surface area contributed by atoms with Crippen molar-refractivity contribution in [2.24, 2.45) is 5.92 Å². The highest BCUT2D eigenvalue weighted by Gasteiger charge is 2.49. The number of aryl methyl sites for hydroxylation is 2. The minimum atomic E-state index is 0.0512. The van der Waals surface area contributed by atoms with E-state index in [1.54, 1.807) is 6.33 Å². The molecule has 3 aliphatic rings. The summed E-state index contributed by atoms with van der Waals surface area (Å²) in [6.45, 7) is 13.2. The first-order valence-electron chi connectivity index (χ1n) is 13.8. The van der Waals surface area contributed by atoms with Gasteiger partial charge < -0.3 is 15.2 Å². The zero-order valence-electron chi connectivity index (χ0n) is 22.4. The van der Waals surface area contributed by atoms with E-state index < -0.39 is 0 Å². The SMILES string of the molecule is Cc1c(-c2[nH]c3sc([C@@H]4CC5CC4CN5C(=O)[C@@H]4CCCN4)c(C)c3c2C(C)C)cn2ncnc2c1C. The van der Waals surface area contributed by atoms with Gasteiger partial charge in [0.25, 0.3) is 0 Å². The summed E-state index contributed by atoms with van der Waals surface area (Å²) in [4.78, 5) is 26.4. The van der Waals surface area contributed by atoms with Crippen LogP contribution in [0.4, 0.5) is 0 Å². The number of likely N-dealkylation sites (tertiary alicyclic amines) is 1. The van der Waals surface area contributed by atoms with Gasteiger partial charge in [-0.15, -0.1) is 11.3 Å². The standard InChI is InChI=1S/C29H36N6OS/c1-14(2)23-24-17(5)26(20-10-19-9-18(20)11-34(19)29(36)22-7-6-8-30-22)37-28(24)33-25(23)21-12-35-27(31-13-32-35)16(4)15(21)3/h12-14,18-20,22,30,33H,6-11H2,1-5H3/t18?,19?,20-,22+/m1/s1. The first-order chi connectivity index (χ1) is 17.8. The molecule has 2 aliphatic heterocycles. The molecule has 1 amide bonds. The molecule has 3 fully saturated rings. The highest BCUT2D eigenvalue weighted by atomic mass is 32.1. The first kappa shape index (κ1) is 23.4. The summed E-state index contributed by atoms with van der Waals surface area (Å²) in [5.41, 5.74) is 8.62. The average Bonchev–Trinajstić information content (AvgIpc) is 3.70. The van der Waals surface area contributed by atoms with E-state index in [1.807, 2.05) is 15.9 Å². The van der Waals surface area contributed by atoms with Crippen LogP contribution < -0.4 is 5.32 Å². The van der Waals surface area contributed by atoms with Gasteiger partial charge in [-0.25, -0.2) is 9.50 Å². The Morgan fingerprint density at radius 3 is 2.70 bits per heavy atom. The van der Waals surface area contributed by atoms with Crippen LogP contribution in [0.25, 0.3) is 27.1 Å². The minimum Gasteiger partial charge on any atom is -0.346 e. The minimum absolute atomic E-state index is 0.0512. The van der Waals surface area contributed by atoms with Crippen LogP contribution in [0.5, 0.6) is 0 Å². The number of nitrogens with zero attached hydrogens (tertiary/aromatic N) is 4. The molecule has 2 bridgehead atoms. The number of pyridine rings is 1. The molecule has 194 valence electrons. The van der Waals surface area contributed by atoms with Crippen LogP contribution in [0.15, 0.2) is 12.5 Å². The maximum Gasteiger partial charge on any atom is 0.239 e. The van der Waals surface area contributed by atoms with E-state index in [-0.39, 0.29) is 6.04 Å². The molecule has 1 saturated carbocycles. The summed E-state index contributed by atoms with van der Waals surface area (Å²) in [7, 11) is 0. The third-order valence-electron chi connectivity index (χ3n) is 9.45. The molecule has 2 saturated heterocycles. The van der Waals surface area contributed by atoms with Gasteiger partial charge >= 0.3 is 0 Å². The summed E-state index contributed by atoms with van der Waals surface area (Å²) >= 11 is 1.95. The molecular weight excluding hydrogens is 480 g/mol. The lowest BCUT2D eigenvalue weighted by molar-refractivity contribution is -0.134. The maximum atomic E-state index is 13.1. The second kappa shape index (κ2) is 8.40. The Hall–Kier alpha value is -2.71. The lowest BCUT2D eigenvalue weighted by Gasteiger charge is -2.33. The summed E-state index contributed by atoms with van der Waals surface area (Å²) in [6, 6.07) is 0.458. The fourth-order valence-electron chi connectivity index (χ4n) is 7.49. The van der Waals surface area contributed by atoms with Crippen molar-refractivity contribution in [3.05, 3.63) is 39.7 Å². The average molecular weight is 517 g/mol. The van der Waals surface area contributed by atoms with Gasteiger partial charge in [0.2, 0.25) is 5.91 Å². The van der Waals surface area contributed by atoms with Crippen LogP contribution in [0, 0.1) is 26.7 Å². The van der Waals surface area contributed by atoms with E-state index in [4.69, 9.17) is 0 Å². The number of nitrogens with one attached hydrogen (secondary N) is 2. The Morgan fingerprint density at radius 2 is 2.00 bits per heavy atom. The zero-order valence-corrected chi connectivity index (χ0v) is 23.2. The number of aromatic nitrogens is 4. The van der Waals surface area contributed by atoms with Crippen LogP contribution in [0.2, 0.25) is 0 Å². The number of aromatic amines is 1. The van der Waals surface area contributed by atoms with Crippen molar-refractivity contribution >= 4 is 33.1 Å². The second-order valence-electron chi connectivity index (χ2n) is 11.8. The third-order valence-corrected chi connectivity index (χ3v) is 10.8. The molecule has 4 aromatic heterocycles. The fraction of sp³-hybridized carbons (Fsp3) is 0.552. The molecule has 0 radical (unpaired) electrons. The third kappa shape index (κ3) is 3.37. The number of thiophene rings is 1. The number of hydrogen-bond acceptors (Lipinski definition) is 5. The first-order valence-corrected chi connectivity index (χ1v) is 14.6. The highest BCUT2D eigenvalue weighted by Crippen LogP contribution is 2.53. The molecule has 4 aromatic rings. The monoisotopic (exact) mass is 516 g/mol. The van der Waals surface area contributed by atoms with Crippen LogP contribution in [-0.4, -0.2) is 55.6 Å². The predicted molar refractivity (Wildman–Crippen MR) is 148 cm³/mol.